The fourth-order valence-electron chi connectivity index (χ4n) is 8.77. The number of fused-ring (bicyclic) bond motifs is 1. The van der Waals surface area contributed by atoms with E-state index in [4.69, 9.17) is 21.1 Å². The third-order valence-electron chi connectivity index (χ3n) is 11.6. The number of ether oxygens (including phenoxy) is 2. The van der Waals surface area contributed by atoms with Crippen molar-refractivity contribution >= 4 is 57.7 Å². The molecule has 1 saturated heterocycles. The lowest BCUT2D eigenvalue weighted by atomic mass is 9.76. The normalized spacial score (nSPS) is 18.4. The Labute approximate surface area is 336 Å². The van der Waals surface area contributed by atoms with Gasteiger partial charge in [0.15, 0.2) is 11.5 Å². The number of benzene rings is 6. The molecule has 0 saturated carbocycles. The standard InChI is InChI=1S/C48H40ClN3O5/c1-29-17-18-33-15-9-10-16-35(33)41(29)28-57-45-42(49)24-30(25-43(45)56-2)23-40-46(53)50-48(55)52(47(40)54)34-26-38-36(31-11-5-3-6-12-31)19-21-51-22-20-37(39(27-34)44(38)51)32-13-7-4-8-14-32/h3-18,23-27,36-37H,19-22,28H2,1-2H3,(H,50,53,55)/b40-23+/t36-,37+. The maximum absolute atomic E-state index is 14.5. The van der Waals surface area contributed by atoms with Gasteiger partial charge in [0, 0.05) is 36.2 Å². The zero-order chi connectivity index (χ0) is 39.2. The van der Waals surface area contributed by atoms with Crippen molar-refractivity contribution < 1.29 is 23.9 Å². The minimum atomic E-state index is -0.798. The largest absolute Gasteiger partial charge is 0.493 e. The van der Waals surface area contributed by atoms with Crippen molar-refractivity contribution in [2.45, 2.75) is 38.2 Å². The van der Waals surface area contributed by atoms with Gasteiger partial charge >= 0.3 is 6.03 Å². The number of methoxy groups -OCH3 is 1. The number of aryl methyl sites for hydroxylation is 1. The van der Waals surface area contributed by atoms with Crippen LogP contribution in [0.4, 0.5) is 16.2 Å². The SMILES string of the molecule is COc1cc(/C=C2\C(=O)NC(=O)N(c3cc4c5c(c3)[C@H](c3ccccc3)CCN5CC[C@@H]4c3ccccc3)C2=O)cc(Cl)c1OCc1c(C)ccc2ccccc12. The Morgan fingerprint density at radius 2 is 1.42 bits per heavy atom. The van der Waals surface area contributed by atoms with Crippen molar-refractivity contribution in [3.05, 3.63) is 171 Å². The molecule has 3 heterocycles. The number of nitrogens with one attached hydrogen (secondary N) is 1. The monoisotopic (exact) mass is 773 g/mol. The molecule has 9 rings (SSSR count). The van der Waals surface area contributed by atoms with E-state index in [-0.39, 0.29) is 29.0 Å². The quantitative estimate of drug-likeness (QED) is 0.122. The Balaban J connectivity index is 1.09. The molecule has 57 heavy (non-hydrogen) atoms. The molecule has 3 aliphatic heterocycles. The molecule has 0 unspecified atom stereocenters. The van der Waals surface area contributed by atoms with Crippen molar-refractivity contribution in [1.82, 2.24) is 5.32 Å². The molecular formula is C48H40ClN3O5. The fourth-order valence-corrected chi connectivity index (χ4v) is 9.04. The van der Waals surface area contributed by atoms with Gasteiger partial charge in [0.1, 0.15) is 12.2 Å². The number of barbiturate groups is 1. The van der Waals surface area contributed by atoms with Crippen molar-refractivity contribution in [3.63, 3.8) is 0 Å². The van der Waals surface area contributed by atoms with Crippen LogP contribution in [0.3, 0.4) is 0 Å². The second-order valence-corrected chi connectivity index (χ2v) is 15.2. The molecule has 284 valence electrons. The average Bonchev–Trinajstić information content (AvgIpc) is 3.23. The van der Waals surface area contributed by atoms with Gasteiger partial charge in [-0.1, -0.05) is 109 Å². The number of anilines is 2. The Morgan fingerprint density at radius 1 is 0.789 bits per heavy atom. The summed E-state index contributed by atoms with van der Waals surface area (Å²) in [6.45, 7) is 4.10. The summed E-state index contributed by atoms with van der Waals surface area (Å²) in [5.41, 5.74) is 8.39. The molecule has 6 aromatic carbocycles. The van der Waals surface area contributed by atoms with Gasteiger partial charge in [-0.05, 0) is 94.3 Å². The van der Waals surface area contributed by atoms with E-state index >= 15 is 0 Å². The van der Waals surface area contributed by atoms with Gasteiger partial charge in [0.05, 0.1) is 17.8 Å². The molecule has 8 nitrogen and oxygen atoms in total. The molecule has 0 aliphatic carbocycles. The molecule has 3 aliphatic rings. The van der Waals surface area contributed by atoms with Crippen LogP contribution < -0.4 is 24.6 Å². The summed E-state index contributed by atoms with van der Waals surface area (Å²) in [5.74, 6) is -0.731. The van der Waals surface area contributed by atoms with Crippen LogP contribution in [-0.2, 0) is 16.2 Å². The molecule has 4 amide bonds. The predicted molar refractivity (Wildman–Crippen MR) is 224 cm³/mol. The smallest absolute Gasteiger partial charge is 0.335 e. The first-order valence-corrected chi connectivity index (χ1v) is 19.6. The van der Waals surface area contributed by atoms with Crippen molar-refractivity contribution in [2.75, 3.05) is 30.0 Å². The maximum Gasteiger partial charge on any atom is 0.335 e. The summed E-state index contributed by atoms with van der Waals surface area (Å²) in [6.07, 6.45) is 3.22. The first kappa shape index (κ1) is 36.3. The predicted octanol–water partition coefficient (Wildman–Crippen LogP) is 9.93. The van der Waals surface area contributed by atoms with Gasteiger partial charge in [0.25, 0.3) is 11.8 Å². The van der Waals surface area contributed by atoms with E-state index in [9.17, 15) is 14.4 Å². The number of carbonyl (C=O) groups excluding carboxylic acids is 3. The lowest BCUT2D eigenvalue weighted by Crippen LogP contribution is -2.54. The van der Waals surface area contributed by atoms with Crippen LogP contribution in [0.5, 0.6) is 11.5 Å². The summed E-state index contributed by atoms with van der Waals surface area (Å²) >= 11 is 6.83. The van der Waals surface area contributed by atoms with Gasteiger partial charge in [-0.15, -0.1) is 0 Å². The molecule has 6 aromatic rings. The van der Waals surface area contributed by atoms with E-state index in [2.05, 4.69) is 58.7 Å². The van der Waals surface area contributed by atoms with E-state index in [1.807, 2.05) is 67.6 Å². The Hall–Kier alpha value is -6.38. The van der Waals surface area contributed by atoms with E-state index in [0.29, 0.717) is 22.7 Å². The Bertz CT molecular complexity index is 2530. The van der Waals surface area contributed by atoms with Crippen molar-refractivity contribution in [3.8, 4) is 11.5 Å². The minimum absolute atomic E-state index is 0.0603. The number of imide groups is 2. The fraction of sp³-hybridized carbons (Fsp3) is 0.188. The summed E-state index contributed by atoms with van der Waals surface area (Å²) in [4.78, 5) is 45.2. The Morgan fingerprint density at radius 3 is 2.07 bits per heavy atom. The number of urea groups is 1. The first-order valence-electron chi connectivity index (χ1n) is 19.2. The maximum atomic E-state index is 14.5. The zero-order valence-corrected chi connectivity index (χ0v) is 32.4. The molecule has 1 fully saturated rings. The second kappa shape index (κ2) is 14.9. The highest BCUT2D eigenvalue weighted by Crippen LogP contribution is 2.50. The highest BCUT2D eigenvalue weighted by atomic mass is 35.5. The number of nitrogens with zero attached hydrogens (tertiary/aromatic N) is 2. The minimum Gasteiger partial charge on any atom is -0.493 e. The third kappa shape index (κ3) is 6.60. The molecule has 2 atom stereocenters. The molecule has 0 spiro atoms. The van der Waals surface area contributed by atoms with Crippen LogP contribution in [-0.4, -0.2) is 38.0 Å². The van der Waals surface area contributed by atoms with E-state index in [0.717, 1.165) is 69.5 Å². The number of amides is 4. The zero-order valence-electron chi connectivity index (χ0n) is 31.6. The van der Waals surface area contributed by atoms with Crippen LogP contribution >= 0.6 is 11.6 Å². The van der Waals surface area contributed by atoms with Crippen LogP contribution in [0.2, 0.25) is 5.02 Å². The molecule has 0 aromatic heterocycles. The van der Waals surface area contributed by atoms with Gasteiger partial charge < -0.3 is 14.4 Å². The number of halogens is 1. The lowest BCUT2D eigenvalue weighted by Gasteiger charge is -2.44. The third-order valence-corrected chi connectivity index (χ3v) is 11.8. The van der Waals surface area contributed by atoms with Crippen LogP contribution in [0.15, 0.2) is 127 Å². The summed E-state index contributed by atoms with van der Waals surface area (Å²) in [6, 6.07) is 39.4. The van der Waals surface area contributed by atoms with Crippen molar-refractivity contribution in [1.29, 1.82) is 0 Å². The topological polar surface area (TPSA) is 88.2 Å². The van der Waals surface area contributed by atoms with E-state index in [1.165, 1.54) is 24.3 Å². The van der Waals surface area contributed by atoms with E-state index in [1.54, 1.807) is 12.1 Å². The average molecular weight is 774 g/mol. The lowest BCUT2D eigenvalue weighted by molar-refractivity contribution is -0.122. The molecule has 0 radical (unpaired) electrons. The van der Waals surface area contributed by atoms with Crippen LogP contribution in [0.25, 0.3) is 16.8 Å². The summed E-state index contributed by atoms with van der Waals surface area (Å²) in [5, 5.41) is 4.86. The highest BCUT2D eigenvalue weighted by Gasteiger charge is 2.40. The number of hydrogen-bond donors (Lipinski definition) is 1. The molecule has 9 heteroatoms. The second-order valence-electron chi connectivity index (χ2n) is 14.8. The van der Waals surface area contributed by atoms with Gasteiger partial charge in [0.2, 0.25) is 0 Å². The number of hydrogen-bond acceptors (Lipinski definition) is 6. The van der Waals surface area contributed by atoms with Crippen LogP contribution in [0.1, 0.15) is 63.6 Å². The molecule has 1 N–H and O–H groups in total. The Kier molecular flexibility index (Phi) is 9.50. The van der Waals surface area contributed by atoms with Crippen LogP contribution in [0, 0.1) is 6.92 Å². The van der Waals surface area contributed by atoms with Gasteiger partial charge in [-0.2, -0.15) is 0 Å². The molecular weight excluding hydrogens is 734 g/mol. The van der Waals surface area contributed by atoms with E-state index < -0.39 is 17.8 Å². The molecule has 0 bridgehead atoms. The summed E-state index contributed by atoms with van der Waals surface area (Å²) < 4.78 is 12.0. The summed E-state index contributed by atoms with van der Waals surface area (Å²) in [7, 11) is 1.51. The first-order chi connectivity index (χ1) is 27.8. The van der Waals surface area contributed by atoms with Crippen molar-refractivity contribution in [2.24, 2.45) is 0 Å². The number of carbonyl (C=O) groups is 3. The number of rotatable bonds is 8. The van der Waals surface area contributed by atoms with Gasteiger partial charge in [-0.3, -0.25) is 14.9 Å². The highest BCUT2D eigenvalue weighted by molar-refractivity contribution is 6.39. The van der Waals surface area contributed by atoms with Gasteiger partial charge in [-0.25, -0.2) is 9.69 Å².